The van der Waals surface area contributed by atoms with Gasteiger partial charge in [0.1, 0.15) is 5.82 Å². The Balaban J connectivity index is 1.25. The van der Waals surface area contributed by atoms with Crippen molar-refractivity contribution in [3.63, 3.8) is 0 Å². The first-order valence-electron chi connectivity index (χ1n) is 12.2. The number of hydrogen-bond donors (Lipinski definition) is 1. The second-order valence-corrected chi connectivity index (χ2v) is 9.60. The summed E-state index contributed by atoms with van der Waals surface area (Å²) in [5.41, 5.74) is 3.15. The number of rotatable bonds is 7. The van der Waals surface area contributed by atoms with Gasteiger partial charge in [0.15, 0.2) is 0 Å². The molecule has 0 spiro atoms. The smallest absolute Gasteiger partial charge is 0.227 e. The van der Waals surface area contributed by atoms with E-state index in [1.807, 2.05) is 6.07 Å². The van der Waals surface area contributed by atoms with E-state index in [1.54, 1.807) is 17.0 Å². The normalized spacial score (nSPS) is 19.7. The second kappa shape index (κ2) is 11.6. The lowest BCUT2D eigenvalue weighted by Gasteiger charge is -2.32. The van der Waals surface area contributed by atoms with E-state index in [2.05, 4.69) is 40.4 Å². The third-order valence-electron chi connectivity index (χ3n) is 6.87. The van der Waals surface area contributed by atoms with Crippen LogP contribution in [0.5, 0.6) is 0 Å². The molecular weight excluding hydrogens is 431 g/mol. The van der Waals surface area contributed by atoms with Gasteiger partial charge in [-0.3, -0.25) is 14.5 Å². The number of halogens is 1. The Hall–Kier alpha value is -2.77. The van der Waals surface area contributed by atoms with E-state index in [0.29, 0.717) is 19.6 Å². The predicted molar refractivity (Wildman–Crippen MR) is 130 cm³/mol. The van der Waals surface area contributed by atoms with Gasteiger partial charge in [0.25, 0.3) is 0 Å². The first-order valence-corrected chi connectivity index (χ1v) is 12.2. The van der Waals surface area contributed by atoms with Crippen molar-refractivity contribution >= 4 is 11.8 Å². The van der Waals surface area contributed by atoms with E-state index in [4.69, 9.17) is 0 Å². The monoisotopic (exact) mass is 466 g/mol. The summed E-state index contributed by atoms with van der Waals surface area (Å²) in [6, 6.07) is 14.5. The fourth-order valence-corrected chi connectivity index (χ4v) is 4.74. The molecular formula is C27H35FN4O2. The summed E-state index contributed by atoms with van der Waals surface area (Å²) >= 11 is 0. The van der Waals surface area contributed by atoms with Gasteiger partial charge >= 0.3 is 0 Å². The zero-order chi connectivity index (χ0) is 23.9. The summed E-state index contributed by atoms with van der Waals surface area (Å²) in [4.78, 5) is 32.2. The lowest BCUT2D eigenvalue weighted by molar-refractivity contribution is -0.135. The van der Waals surface area contributed by atoms with Crippen molar-refractivity contribution in [1.82, 2.24) is 20.0 Å². The molecule has 182 valence electrons. The minimum atomic E-state index is -0.309. The van der Waals surface area contributed by atoms with Gasteiger partial charge in [-0.25, -0.2) is 4.39 Å². The number of hydrogen-bond acceptors (Lipinski definition) is 4. The van der Waals surface area contributed by atoms with Crippen LogP contribution < -0.4 is 5.32 Å². The highest BCUT2D eigenvalue weighted by Crippen LogP contribution is 2.19. The molecule has 2 fully saturated rings. The quantitative estimate of drug-likeness (QED) is 0.682. The highest BCUT2D eigenvalue weighted by molar-refractivity contribution is 5.82. The van der Waals surface area contributed by atoms with E-state index < -0.39 is 0 Å². The molecule has 7 heteroatoms. The zero-order valence-corrected chi connectivity index (χ0v) is 20.0. The molecule has 2 aromatic rings. The zero-order valence-electron chi connectivity index (χ0n) is 20.0. The fraction of sp³-hybridized carbons (Fsp3) is 0.481. The molecule has 4 rings (SSSR count). The van der Waals surface area contributed by atoms with Crippen molar-refractivity contribution in [2.45, 2.75) is 32.4 Å². The first kappa shape index (κ1) is 24.4. The summed E-state index contributed by atoms with van der Waals surface area (Å²) in [6.07, 6.45) is 1.83. The molecule has 0 aliphatic carbocycles. The molecule has 1 atom stereocenters. The van der Waals surface area contributed by atoms with Gasteiger partial charge in [-0.2, -0.15) is 0 Å². The molecule has 6 nitrogen and oxygen atoms in total. The number of amides is 2. The standard InChI is InChI=1S/C27H35FN4O2/c1-30-12-14-31(15-13-30)19-23-5-2-4-22(16-23)18-29-27(34)24-6-3-11-32(20-24)26(33)17-21-7-9-25(28)10-8-21/h2,4-5,7-10,16,24H,3,6,11-15,17-20H2,1H3,(H,29,34). The summed E-state index contributed by atoms with van der Waals surface area (Å²) in [5.74, 6) is -0.514. The summed E-state index contributed by atoms with van der Waals surface area (Å²) < 4.78 is 13.1. The van der Waals surface area contributed by atoms with E-state index in [0.717, 1.165) is 56.7 Å². The molecule has 2 heterocycles. The Bertz CT molecular complexity index is 973. The lowest BCUT2D eigenvalue weighted by atomic mass is 9.96. The van der Waals surface area contributed by atoms with Crippen molar-refractivity contribution in [2.75, 3.05) is 46.3 Å². The van der Waals surface area contributed by atoms with Crippen LogP contribution in [-0.2, 0) is 29.1 Å². The predicted octanol–water partition coefficient (Wildman–Crippen LogP) is 2.67. The van der Waals surface area contributed by atoms with Crippen LogP contribution in [-0.4, -0.2) is 72.8 Å². The van der Waals surface area contributed by atoms with Crippen LogP contribution in [0.3, 0.4) is 0 Å². The molecule has 0 aromatic heterocycles. The minimum absolute atomic E-state index is 0.00347. The van der Waals surface area contributed by atoms with Crippen LogP contribution in [0.15, 0.2) is 48.5 Å². The van der Waals surface area contributed by atoms with Crippen LogP contribution in [0.1, 0.15) is 29.5 Å². The molecule has 0 bridgehead atoms. The number of nitrogens with zero attached hydrogens (tertiary/aromatic N) is 3. The average Bonchev–Trinajstić information content (AvgIpc) is 2.86. The number of piperazine rings is 1. The maximum atomic E-state index is 13.1. The number of piperidine rings is 1. The molecule has 2 aromatic carbocycles. The van der Waals surface area contributed by atoms with Gasteiger partial charge < -0.3 is 15.1 Å². The summed E-state index contributed by atoms with van der Waals surface area (Å²) in [6.45, 7) is 6.89. The minimum Gasteiger partial charge on any atom is -0.352 e. The van der Waals surface area contributed by atoms with Gasteiger partial charge in [0.05, 0.1) is 12.3 Å². The molecule has 34 heavy (non-hydrogen) atoms. The molecule has 0 radical (unpaired) electrons. The average molecular weight is 467 g/mol. The van der Waals surface area contributed by atoms with Gasteiger partial charge in [-0.05, 0) is 48.7 Å². The highest BCUT2D eigenvalue weighted by atomic mass is 19.1. The Kier molecular flexibility index (Phi) is 8.29. The maximum absolute atomic E-state index is 13.1. The van der Waals surface area contributed by atoms with Crippen molar-refractivity contribution in [2.24, 2.45) is 5.92 Å². The molecule has 2 aliphatic heterocycles. The van der Waals surface area contributed by atoms with E-state index in [1.165, 1.54) is 17.7 Å². The Labute approximate surface area is 201 Å². The van der Waals surface area contributed by atoms with E-state index in [-0.39, 0.29) is 30.0 Å². The molecule has 2 aliphatic rings. The Morgan fingerprint density at radius 1 is 0.971 bits per heavy atom. The van der Waals surface area contributed by atoms with Gasteiger partial charge in [0.2, 0.25) is 11.8 Å². The molecule has 2 amide bonds. The third kappa shape index (κ3) is 6.87. The largest absolute Gasteiger partial charge is 0.352 e. The third-order valence-corrected chi connectivity index (χ3v) is 6.87. The van der Waals surface area contributed by atoms with Crippen LogP contribution in [0.2, 0.25) is 0 Å². The number of carbonyl (C=O) groups excluding carboxylic acids is 2. The fourth-order valence-electron chi connectivity index (χ4n) is 4.74. The number of likely N-dealkylation sites (N-methyl/N-ethyl adjacent to an activating group) is 1. The number of carbonyl (C=O) groups is 2. The Morgan fingerprint density at radius 3 is 2.47 bits per heavy atom. The molecule has 1 unspecified atom stereocenters. The maximum Gasteiger partial charge on any atom is 0.227 e. The SMILES string of the molecule is CN1CCN(Cc2cccc(CNC(=O)C3CCCN(C(=O)Cc4ccc(F)cc4)C3)c2)CC1. The van der Waals surface area contributed by atoms with Crippen molar-refractivity contribution in [3.05, 3.63) is 71.0 Å². The molecule has 0 saturated carbocycles. The van der Waals surface area contributed by atoms with Crippen LogP contribution in [0.25, 0.3) is 0 Å². The van der Waals surface area contributed by atoms with Crippen LogP contribution in [0.4, 0.5) is 4.39 Å². The number of likely N-dealkylation sites (tertiary alicyclic amines) is 1. The van der Waals surface area contributed by atoms with Crippen molar-refractivity contribution < 1.29 is 14.0 Å². The van der Waals surface area contributed by atoms with E-state index in [9.17, 15) is 14.0 Å². The molecule has 1 N–H and O–H groups in total. The first-order chi connectivity index (χ1) is 16.5. The topological polar surface area (TPSA) is 55.9 Å². The van der Waals surface area contributed by atoms with Crippen molar-refractivity contribution in [1.29, 1.82) is 0 Å². The summed E-state index contributed by atoms with van der Waals surface area (Å²) in [7, 11) is 2.16. The van der Waals surface area contributed by atoms with Crippen LogP contribution in [0, 0.1) is 11.7 Å². The van der Waals surface area contributed by atoms with Crippen molar-refractivity contribution in [3.8, 4) is 0 Å². The number of nitrogens with one attached hydrogen (secondary N) is 1. The van der Waals surface area contributed by atoms with E-state index >= 15 is 0 Å². The van der Waals surface area contributed by atoms with Gasteiger partial charge in [-0.1, -0.05) is 36.4 Å². The summed E-state index contributed by atoms with van der Waals surface area (Å²) in [5, 5.41) is 3.08. The molecule has 2 saturated heterocycles. The van der Waals surface area contributed by atoms with Gasteiger partial charge in [-0.15, -0.1) is 0 Å². The van der Waals surface area contributed by atoms with Gasteiger partial charge in [0, 0.05) is 52.4 Å². The van der Waals surface area contributed by atoms with Crippen LogP contribution >= 0.6 is 0 Å². The lowest BCUT2D eigenvalue weighted by Crippen LogP contribution is -2.45. The Morgan fingerprint density at radius 2 is 1.71 bits per heavy atom. The second-order valence-electron chi connectivity index (χ2n) is 9.60. The highest BCUT2D eigenvalue weighted by Gasteiger charge is 2.28. The number of benzene rings is 2.